The first-order chi connectivity index (χ1) is 13.7. The predicted molar refractivity (Wildman–Crippen MR) is 105 cm³/mol. The SMILES string of the molecule is O=C(c1ccn(-c2ccc3ccc(-c4ccc(F)cc4)cn23)n1)N1CCCC1. The second kappa shape index (κ2) is 6.64. The van der Waals surface area contributed by atoms with Crippen LogP contribution in [0.1, 0.15) is 23.3 Å². The molecule has 1 saturated heterocycles. The summed E-state index contributed by atoms with van der Waals surface area (Å²) < 4.78 is 17.0. The summed E-state index contributed by atoms with van der Waals surface area (Å²) in [6, 6.07) is 16.2. The molecule has 0 unspecified atom stereocenters. The highest BCUT2D eigenvalue weighted by atomic mass is 19.1. The fraction of sp³-hybridized carbons (Fsp3) is 0.182. The van der Waals surface area contributed by atoms with E-state index in [1.165, 1.54) is 12.1 Å². The molecule has 3 aromatic heterocycles. The van der Waals surface area contributed by atoms with Crippen LogP contribution in [0.2, 0.25) is 0 Å². The smallest absolute Gasteiger partial charge is 0.274 e. The molecule has 5 rings (SSSR count). The summed E-state index contributed by atoms with van der Waals surface area (Å²) in [6.45, 7) is 1.61. The molecule has 0 aliphatic carbocycles. The summed E-state index contributed by atoms with van der Waals surface area (Å²) in [6.07, 6.45) is 5.93. The number of carbonyl (C=O) groups is 1. The maximum absolute atomic E-state index is 13.2. The maximum Gasteiger partial charge on any atom is 0.274 e. The molecule has 0 spiro atoms. The van der Waals surface area contributed by atoms with E-state index in [1.54, 1.807) is 22.9 Å². The van der Waals surface area contributed by atoms with E-state index in [2.05, 4.69) is 5.10 Å². The average molecular weight is 374 g/mol. The van der Waals surface area contributed by atoms with Gasteiger partial charge < -0.3 is 9.30 Å². The average Bonchev–Trinajstić information content (AvgIpc) is 3.47. The summed E-state index contributed by atoms with van der Waals surface area (Å²) in [5, 5.41) is 4.52. The topological polar surface area (TPSA) is 42.5 Å². The Morgan fingerprint density at radius 2 is 1.61 bits per heavy atom. The number of carbonyl (C=O) groups excluding carboxylic acids is 1. The molecule has 0 bridgehead atoms. The van der Waals surface area contributed by atoms with Gasteiger partial charge in [0.1, 0.15) is 11.6 Å². The fourth-order valence-electron chi connectivity index (χ4n) is 3.73. The lowest BCUT2D eigenvalue weighted by Gasteiger charge is -2.12. The van der Waals surface area contributed by atoms with Crippen molar-refractivity contribution in [3.05, 3.63) is 78.5 Å². The van der Waals surface area contributed by atoms with Crippen molar-refractivity contribution in [1.82, 2.24) is 19.1 Å². The highest BCUT2D eigenvalue weighted by molar-refractivity contribution is 5.92. The number of pyridine rings is 1. The number of aromatic nitrogens is 3. The van der Waals surface area contributed by atoms with E-state index in [0.717, 1.165) is 48.4 Å². The molecule has 1 aliphatic rings. The van der Waals surface area contributed by atoms with Crippen molar-refractivity contribution < 1.29 is 9.18 Å². The lowest BCUT2D eigenvalue weighted by Crippen LogP contribution is -2.28. The van der Waals surface area contributed by atoms with Crippen LogP contribution in [0, 0.1) is 5.82 Å². The zero-order chi connectivity index (χ0) is 19.1. The molecule has 0 radical (unpaired) electrons. The third kappa shape index (κ3) is 2.87. The highest BCUT2D eigenvalue weighted by Crippen LogP contribution is 2.23. The molecule has 140 valence electrons. The fourth-order valence-corrected chi connectivity index (χ4v) is 3.73. The van der Waals surface area contributed by atoms with Gasteiger partial charge in [0, 0.05) is 31.0 Å². The molecule has 1 amide bonds. The molecule has 1 fully saturated rings. The second-order valence-electron chi connectivity index (χ2n) is 7.06. The Kier molecular flexibility index (Phi) is 3.97. The monoisotopic (exact) mass is 374 g/mol. The lowest BCUT2D eigenvalue weighted by molar-refractivity contribution is 0.0786. The van der Waals surface area contributed by atoms with Gasteiger partial charge in [-0.3, -0.25) is 4.79 Å². The first-order valence-electron chi connectivity index (χ1n) is 9.41. The van der Waals surface area contributed by atoms with Crippen LogP contribution in [0.3, 0.4) is 0 Å². The van der Waals surface area contributed by atoms with Gasteiger partial charge in [-0.05, 0) is 60.4 Å². The Bertz CT molecular complexity index is 1150. The molecular formula is C22H19FN4O. The van der Waals surface area contributed by atoms with Crippen molar-refractivity contribution in [1.29, 1.82) is 0 Å². The number of benzene rings is 1. The molecule has 0 atom stereocenters. The Morgan fingerprint density at radius 3 is 2.39 bits per heavy atom. The van der Waals surface area contributed by atoms with Crippen molar-refractivity contribution >= 4 is 11.4 Å². The van der Waals surface area contributed by atoms with Crippen LogP contribution in [-0.2, 0) is 0 Å². The normalized spacial score (nSPS) is 14.1. The van der Waals surface area contributed by atoms with Crippen LogP contribution in [0.4, 0.5) is 4.39 Å². The summed E-state index contributed by atoms with van der Waals surface area (Å²) in [4.78, 5) is 14.4. The van der Waals surface area contributed by atoms with Crippen molar-refractivity contribution in [2.45, 2.75) is 12.8 Å². The Morgan fingerprint density at radius 1 is 0.893 bits per heavy atom. The van der Waals surface area contributed by atoms with Crippen LogP contribution >= 0.6 is 0 Å². The zero-order valence-electron chi connectivity index (χ0n) is 15.3. The minimum absolute atomic E-state index is 0.0101. The minimum Gasteiger partial charge on any atom is -0.337 e. The van der Waals surface area contributed by atoms with Crippen molar-refractivity contribution in [2.75, 3.05) is 13.1 Å². The molecule has 1 aromatic carbocycles. The summed E-state index contributed by atoms with van der Waals surface area (Å²) in [7, 11) is 0. The summed E-state index contributed by atoms with van der Waals surface area (Å²) >= 11 is 0. The highest BCUT2D eigenvalue weighted by Gasteiger charge is 2.21. The van der Waals surface area contributed by atoms with Gasteiger partial charge in [-0.25, -0.2) is 9.07 Å². The summed E-state index contributed by atoms with van der Waals surface area (Å²) in [5.41, 5.74) is 3.40. The molecule has 1 aliphatic heterocycles. The van der Waals surface area contributed by atoms with E-state index in [4.69, 9.17) is 0 Å². The lowest BCUT2D eigenvalue weighted by atomic mass is 10.1. The molecule has 0 saturated carbocycles. The van der Waals surface area contributed by atoms with Crippen LogP contribution < -0.4 is 0 Å². The molecule has 4 aromatic rings. The third-order valence-electron chi connectivity index (χ3n) is 5.24. The molecule has 6 heteroatoms. The van der Waals surface area contributed by atoms with Crippen LogP contribution in [0.15, 0.2) is 67.0 Å². The molecule has 0 N–H and O–H groups in total. The first kappa shape index (κ1) is 16.7. The zero-order valence-corrected chi connectivity index (χ0v) is 15.3. The van der Waals surface area contributed by atoms with Crippen molar-refractivity contribution in [2.24, 2.45) is 0 Å². The standard InChI is InChI=1S/C22H19FN4O/c23-18-6-3-16(4-7-18)17-5-8-19-9-10-21(26(19)15-17)27-14-11-20(24-27)22(28)25-12-1-2-13-25/h3-11,14-15H,1-2,12-13H2. The maximum atomic E-state index is 13.2. The number of halogens is 1. The van der Waals surface area contributed by atoms with Gasteiger partial charge in [0.05, 0.1) is 0 Å². The van der Waals surface area contributed by atoms with Crippen molar-refractivity contribution in [3.63, 3.8) is 0 Å². The largest absolute Gasteiger partial charge is 0.337 e. The number of rotatable bonds is 3. The number of amides is 1. The van der Waals surface area contributed by atoms with Gasteiger partial charge in [0.2, 0.25) is 0 Å². The number of likely N-dealkylation sites (tertiary alicyclic amines) is 1. The molecule has 5 nitrogen and oxygen atoms in total. The van der Waals surface area contributed by atoms with Gasteiger partial charge in [0.25, 0.3) is 5.91 Å². The van der Waals surface area contributed by atoms with Gasteiger partial charge >= 0.3 is 0 Å². The Labute approximate surface area is 161 Å². The number of fused-ring (bicyclic) bond motifs is 1. The van der Waals surface area contributed by atoms with E-state index in [0.29, 0.717) is 5.69 Å². The van der Waals surface area contributed by atoms with Crippen LogP contribution in [-0.4, -0.2) is 38.1 Å². The molecule has 28 heavy (non-hydrogen) atoms. The van der Waals surface area contributed by atoms with E-state index in [-0.39, 0.29) is 11.7 Å². The quantitative estimate of drug-likeness (QED) is 0.540. The second-order valence-corrected chi connectivity index (χ2v) is 7.06. The minimum atomic E-state index is -0.252. The molecule has 4 heterocycles. The van der Waals surface area contributed by atoms with Gasteiger partial charge in [-0.1, -0.05) is 18.2 Å². The third-order valence-corrected chi connectivity index (χ3v) is 5.24. The van der Waals surface area contributed by atoms with Gasteiger partial charge in [-0.2, -0.15) is 5.10 Å². The van der Waals surface area contributed by atoms with Crippen LogP contribution in [0.25, 0.3) is 22.5 Å². The number of nitrogens with zero attached hydrogens (tertiary/aromatic N) is 4. The Hall–Kier alpha value is -3.41. The van der Waals surface area contributed by atoms with E-state index < -0.39 is 0 Å². The predicted octanol–water partition coefficient (Wildman–Crippen LogP) is 4.17. The van der Waals surface area contributed by atoms with Gasteiger partial charge in [-0.15, -0.1) is 0 Å². The van der Waals surface area contributed by atoms with E-state index >= 15 is 0 Å². The molecular weight excluding hydrogens is 355 g/mol. The van der Waals surface area contributed by atoms with Crippen molar-refractivity contribution in [3.8, 4) is 16.9 Å². The van der Waals surface area contributed by atoms with Gasteiger partial charge in [0.15, 0.2) is 5.69 Å². The van der Waals surface area contributed by atoms with E-state index in [1.807, 2.05) is 46.0 Å². The summed E-state index contributed by atoms with van der Waals surface area (Å²) in [5.74, 6) is 0.585. The number of hydrogen-bond donors (Lipinski definition) is 0. The first-order valence-corrected chi connectivity index (χ1v) is 9.41. The number of hydrogen-bond acceptors (Lipinski definition) is 2. The van der Waals surface area contributed by atoms with E-state index in [9.17, 15) is 9.18 Å². The van der Waals surface area contributed by atoms with Crippen LogP contribution in [0.5, 0.6) is 0 Å². The Balaban J connectivity index is 1.51.